The number of carbonyl (C=O) groups is 1. The molecule has 0 atom stereocenters. The first-order valence-electron chi connectivity index (χ1n) is 8.82. The number of hydrogen-bond donors (Lipinski definition) is 1. The van der Waals surface area contributed by atoms with Crippen LogP contribution in [0, 0.1) is 5.82 Å². The molecule has 2 amide bonds. The van der Waals surface area contributed by atoms with Crippen molar-refractivity contribution >= 4 is 22.0 Å². The van der Waals surface area contributed by atoms with Gasteiger partial charge in [-0.15, -0.1) is 0 Å². The average Bonchev–Trinajstić information content (AvgIpc) is 2.64. The van der Waals surface area contributed by atoms with E-state index in [2.05, 4.69) is 21.2 Å². The van der Waals surface area contributed by atoms with E-state index in [1.165, 1.54) is 6.07 Å². The number of carbonyl (C=O) groups excluding carboxylic acids is 1. The summed E-state index contributed by atoms with van der Waals surface area (Å²) < 4.78 is 26.0. The Balaban J connectivity index is 1.41. The van der Waals surface area contributed by atoms with Gasteiger partial charge in [-0.05, 0) is 43.9 Å². The first-order valence-corrected chi connectivity index (χ1v) is 9.61. The quantitative estimate of drug-likeness (QED) is 0.820. The molecule has 0 radical (unpaired) electrons. The number of halogens is 2. The first-order chi connectivity index (χ1) is 12.1. The minimum absolute atomic E-state index is 0.149. The molecule has 0 aromatic heterocycles. The van der Waals surface area contributed by atoms with Gasteiger partial charge in [0.2, 0.25) is 0 Å². The molecule has 3 rings (SSSR count). The van der Waals surface area contributed by atoms with E-state index in [9.17, 15) is 9.18 Å². The Hall–Kier alpha value is -1.18. The van der Waals surface area contributed by atoms with Crippen molar-refractivity contribution in [1.29, 1.82) is 0 Å². The highest BCUT2D eigenvalue weighted by molar-refractivity contribution is 9.10. The lowest BCUT2D eigenvalue weighted by Gasteiger charge is -2.34. The molecule has 7 heteroatoms. The van der Waals surface area contributed by atoms with Crippen LogP contribution in [-0.4, -0.2) is 49.4 Å². The second-order valence-electron chi connectivity index (χ2n) is 6.53. The van der Waals surface area contributed by atoms with E-state index in [0.29, 0.717) is 24.8 Å². The van der Waals surface area contributed by atoms with E-state index in [0.717, 1.165) is 43.4 Å². The summed E-state index contributed by atoms with van der Waals surface area (Å²) in [5, 5.41) is 2.80. The monoisotopic (exact) mass is 414 g/mol. The van der Waals surface area contributed by atoms with E-state index in [-0.39, 0.29) is 24.5 Å². The smallest absolute Gasteiger partial charge is 0.317 e. The Morgan fingerprint density at radius 1 is 1.24 bits per heavy atom. The fourth-order valence-corrected chi connectivity index (χ4v) is 3.65. The highest BCUT2D eigenvalue weighted by Crippen LogP contribution is 2.20. The van der Waals surface area contributed by atoms with Crippen molar-refractivity contribution in [1.82, 2.24) is 10.2 Å². The van der Waals surface area contributed by atoms with Crippen molar-refractivity contribution in [3.63, 3.8) is 0 Å². The van der Waals surface area contributed by atoms with Gasteiger partial charge in [0.15, 0.2) is 0 Å². The zero-order chi connectivity index (χ0) is 17.6. The summed E-state index contributed by atoms with van der Waals surface area (Å²) in [5.41, 5.74) is 0.473. The number of benzene rings is 1. The molecule has 0 bridgehead atoms. The standard InChI is InChI=1S/C18H24BrFN2O3/c19-14-1-2-17(20)13(11-14)12-21-18(23)22-7-3-15(4-8-22)25-16-5-9-24-10-6-16/h1-2,11,15-16H,3-10,12H2,(H,21,23). The molecule has 0 spiro atoms. The summed E-state index contributed by atoms with van der Waals surface area (Å²) in [5.74, 6) is -0.313. The van der Waals surface area contributed by atoms with Crippen LogP contribution in [0.5, 0.6) is 0 Å². The third kappa shape index (κ3) is 5.39. The molecule has 0 unspecified atom stereocenters. The number of nitrogens with zero attached hydrogens (tertiary/aromatic N) is 1. The average molecular weight is 415 g/mol. The minimum atomic E-state index is -0.313. The summed E-state index contributed by atoms with van der Waals surface area (Å²) in [6.07, 6.45) is 4.11. The van der Waals surface area contributed by atoms with E-state index in [4.69, 9.17) is 9.47 Å². The fraction of sp³-hybridized carbons (Fsp3) is 0.611. The molecule has 5 nitrogen and oxygen atoms in total. The van der Waals surface area contributed by atoms with Crippen LogP contribution in [0.4, 0.5) is 9.18 Å². The molecule has 25 heavy (non-hydrogen) atoms. The number of likely N-dealkylation sites (tertiary alicyclic amines) is 1. The van der Waals surface area contributed by atoms with Crippen LogP contribution in [0.2, 0.25) is 0 Å². The van der Waals surface area contributed by atoms with Crippen LogP contribution >= 0.6 is 15.9 Å². The van der Waals surface area contributed by atoms with Gasteiger partial charge in [0, 0.05) is 42.9 Å². The molecule has 2 saturated heterocycles. The van der Waals surface area contributed by atoms with Crippen molar-refractivity contribution in [2.24, 2.45) is 0 Å². The van der Waals surface area contributed by atoms with Crippen LogP contribution in [-0.2, 0) is 16.0 Å². The van der Waals surface area contributed by atoms with Crippen LogP contribution < -0.4 is 5.32 Å². The summed E-state index contributed by atoms with van der Waals surface area (Å²) in [6.45, 7) is 3.07. The van der Waals surface area contributed by atoms with Gasteiger partial charge in [0.25, 0.3) is 0 Å². The maximum atomic E-state index is 13.7. The Bertz CT molecular complexity index is 588. The summed E-state index contributed by atoms with van der Waals surface area (Å²) in [4.78, 5) is 14.1. The number of hydrogen-bond acceptors (Lipinski definition) is 3. The zero-order valence-electron chi connectivity index (χ0n) is 14.2. The maximum absolute atomic E-state index is 13.7. The zero-order valence-corrected chi connectivity index (χ0v) is 15.8. The lowest BCUT2D eigenvalue weighted by molar-refractivity contribution is -0.0818. The Kier molecular flexibility index (Phi) is 6.67. The number of rotatable bonds is 4. The van der Waals surface area contributed by atoms with E-state index < -0.39 is 0 Å². The van der Waals surface area contributed by atoms with E-state index in [1.54, 1.807) is 17.0 Å². The molecular weight excluding hydrogens is 391 g/mol. The van der Waals surface area contributed by atoms with Crippen LogP contribution in [0.1, 0.15) is 31.2 Å². The third-order valence-corrected chi connectivity index (χ3v) is 5.21. The highest BCUT2D eigenvalue weighted by atomic mass is 79.9. The number of nitrogens with one attached hydrogen (secondary N) is 1. The molecule has 2 aliphatic heterocycles. The Morgan fingerprint density at radius 2 is 1.92 bits per heavy atom. The van der Waals surface area contributed by atoms with Gasteiger partial charge in [-0.25, -0.2) is 9.18 Å². The summed E-state index contributed by atoms with van der Waals surface area (Å²) >= 11 is 3.32. The molecule has 1 aromatic rings. The molecule has 0 saturated carbocycles. The van der Waals surface area contributed by atoms with E-state index in [1.807, 2.05) is 0 Å². The highest BCUT2D eigenvalue weighted by Gasteiger charge is 2.26. The molecule has 1 N–H and O–H groups in total. The van der Waals surface area contributed by atoms with Gasteiger partial charge in [-0.2, -0.15) is 0 Å². The molecular formula is C18H24BrFN2O3. The van der Waals surface area contributed by atoms with Gasteiger partial charge in [-0.3, -0.25) is 0 Å². The number of amides is 2. The van der Waals surface area contributed by atoms with Gasteiger partial charge < -0.3 is 19.7 Å². The molecule has 2 fully saturated rings. The summed E-state index contributed by atoms with van der Waals surface area (Å²) in [6, 6.07) is 4.57. The van der Waals surface area contributed by atoms with Crippen molar-refractivity contribution < 1.29 is 18.7 Å². The Morgan fingerprint density at radius 3 is 2.64 bits per heavy atom. The number of piperidine rings is 1. The molecule has 138 valence electrons. The SMILES string of the molecule is O=C(NCc1cc(Br)ccc1F)N1CCC(OC2CCOCC2)CC1. The van der Waals surface area contributed by atoms with Crippen LogP contribution in [0.15, 0.2) is 22.7 Å². The van der Waals surface area contributed by atoms with Gasteiger partial charge in [0.05, 0.1) is 12.2 Å². The Labute approximate surface area is 156 Å². The lowest BCUT2D eigenvalue weighted by Crippen LogP contribution is -2.46. The van der Waals surface area contributed by atoms with Crippen molar-refractivity contribution in [3.8, 4) is 0 Å². The third-order valence-electron chi connectivity index (χ3n) is 4.72. The van der Waals surface area contributed by atoms with E-state index >= 15 is 0 Å². The van der Waals surface area contributed by atoms with Gasteiger partial charge in [0.1, 0.15) is 5.82 Å². The number of urea groups is 1. The minimum Gasteiger partial charge on any atom is -0.381 e. The van der Waals surface area contributed by atoms with Crippen molar-refractivity contribution in [2.45, 2.75) is 44.4 Å². The van der Waals surface area contributed by atoms with Crippen molar-refractivity contribution in [2.75, 3.05) is 26.3 Å². The first kappa shape index (κ1) is 18.6. The van der Waals surface area contributed by atoms with Crippen LogP contribution in [0.3, 0.4) is 0 Å². The van der Waals surface area contributed by atoms with Crippen molar-refractivity contribution in [3.05, 3.63) is 34.1 Å². The fourth-order valence-electron chi connectivity index (χ4n) is 3.24. The number of ether oxygens (including phenoxy) is 2. The molecule has 2 aliphatic rings. The second-order valence-corrected chi connectivity index (χ2v) is 7.44. The molecule has 1 aromatic carbocycles. The van der Waals surface area contributed by atoms with Gasteiger partial charge >= 0.3 is 6.03 Å². The molecule has 2 heterocycles. The molecule has 0 aliphatic carbocycles. The largest absolute Gasteiger partial charge is 0.381 e. The predicted octanol–water partition coefficient (Wildman–Crippen LogP) is 3.46. The lowest BCUT2D eigenvalue weighted by atomic mass is 10.1. The second kappa shape index (κ2) is 8.96. The normalized spacial score (nSPS) is 19.8. The predicted molar refractivity (Wildman–Crippen MR) is 95.9 cm³/mol. The topological polar surface area (TPSA) is 50.8 Å². The van der Waals surface area contributed by atoms with Crippen LogP contribution in [0.25, 0.3) is 0 Å². The van der Waals surface area contributed by atoms with Gasteiger partial charge in [-0.1, -0.05) is 15.9 Å². The summed E-state index contributed by atoms with van der Waals surface area (Å²) in [7, 11) is 0. The maximum Gasteiger partial charge on any atom is 0.317 e.